The van der Waals surface area contributed by atoms with E-state index < -0.39 is 0 Å². The fraction of sp³-hybridized carbons (Fsp3) is 0.750. The van der Waals surface area contributed by atoms with Crippen molar-refractivity contribution in [1.29, 1.82) is 0 Å². The number of rotatable bonds is 10. The average molecular weight is 379 g/mol. The van der Waals surface area contributed by atoms with E-state index in [-0.39, 0.29) is 17.2 Å². The molecule has 0 bridgehead atoms. The van der Waals surface area contributed by atoms with Crippen molar-refractivity contribution < 1.29 is 15.3 Å². The topological polar surface area (TPSA) is 60.7 Å². The van der Waals surface area contributed by atoms with Gasteiger partial charge in [0.05, 0.1) is 0 Å². The molecule has 0 fully saturated rings. The summed E-state index contributed by atoms with van der Waals surface area (Å²) in [5, 5.41) is 30.8. The molecule has 27 heavy (non-hydrogen) atoms. The molecule has 0 aliphatic rings. The molecule has 0 radical (unpaired) electrons. The van der Waals surface area contributed by atoms with Crippen LogP contribution < -0.4 is 0 Å². The van der Waals surface area contributed by atoms with Gasteiger partial charge in [-0.05, 0) is 61.0 Å². The van der Waals surface area contributed by atoms with Crippen molar-refractivity contribution in [2.24, 2.45) is 10.8 Å². The van der Waals surface area contributed by atoms with Crippen molar-refractivity contribution in [3.05, 3.63) is 17.2 Å². The number of phenols is 3. The van der Waals surface area contributed by atoms with Gasteiger partial charge in [0.25, 0.3) is 0 Å². The first-order chi connectivity index (χ1) is 12.4. The number of aromatic hydroxyl groups is 3. The summed E-state index contributed by atoms with van der Waals surface area (Å²) in [7, 11) is 0. The molecule has 0 aliphatic carbocycles. The SMILES string of the molecule is CC(C)(C)CCCCCc1cc(O)c(O)c(CCCCCC(C)(C)C)c1O. The average Bonchev–Trinajstić information content (AvgIpc) is 2.52. The fourth-order valence-electron chi connectivity index (χ4n) is 3.47. The van der Waals surface area contributed by atoms with Crippen LogP contribution in [0.15, 0.2) is 6.07 Å². The first-order valence-electron chi connectivity index (χ1n) is 10.7. The first-order valence-corrected chi connectivity index (χ1v) is 10.7. The highest BCUT2D eigenvalue weighted by atomic mass is 16.3. The highest BCUT2D eigenvalue weighted by Gasteiger charge is 2.17. The Balaban J connectivity index is 2.58. The highest BCUT2D eigenvalue weighted by molar-refractivity contribution is 5.56. The van der Waals surface area contributed by atoms with Gasteiger partial charge >= 0.3 is 0 Å². The standard InChI is InChI=1S/C24H42O3/c1-23(2,3)15-11-7-9-13-18-17-20(25)22(27)19(21(18)26)14-10-8-12-16-24(4,5)6/h17,25-27H,7-16H2,1-6H3. The van der Waals surface area contributed by atoms with Crippen molar-refractivity contribution in [3.8, 4) is 17.2 Å². The van der Waals surface area contributed by atoms with Gasteiger partial charge in [-0.25, -0.2) is 0 Å². The Morgan fingerprint density at radius 3 is 1.59 bits per heavy atom. The van der Waals surface area contributed by atoms with Crippen LogP contribution in [0.5, 0.6) is 17.2 Å². The van der Waals surface area contributed by atoms with E-state index in [9.17, 15) is 15.3 Å². The third-order valence-corrected chi connectivity index (χ3v) is 5.16. The van der Waals surface area contributed by atoms with Gasteiger partial charge in [0.15, 0.2) is 11.5 Å². The largest absolute Gasteiger partial charge is 0.507 e. The molecule has 0 spiro atoms. The molecule has 0 heterocycles. The van der Waals surface area contributed by atoms with Crippen LogP contribution in [-0.2, 0) is 12.8 Å². The predicted molar refractivity (Wildman–Crippen MR) is 115 cm³/mol. The van der Waals surface area contributed by atoms with Gasteiger partial charge in [-0.15, -0.1) is 0 Å². The molecule has 0 saturated carbocycles. The summed E-state index contributed by atoms with van der Waals surface area (Å²) in [5.74, 6) is -0.0843. The number of hydrogen-bond donors (Lipinski definition) is 3. The summed E-state index contributed by atoms with van der Waals surface area (Å²) in [6.45, 7) is 13.5. The molecule has 0 aliphatic heterocycles. The molecular formula is C24H42O3. The molecule has 3 heteroatoms. The summed E-state index contributed by atoms with van der Waals surface area (Å²) >= 11 is 0. The molecule has 0 aromatic heterocycles. The quantitative estimate of drug-likeness (QED) is 0.231. The second kappa shape index (κ2) is 10.2. The third-order valence-electron chi connectivity index (χ3n) is 5.16. The molecule has 3 nitrogen and oxygen atoms in total. The smallest absolute Gasteiger partial charge is 0.164 e. The number of phenolic OH excluding ortho intramolecular Hbond substituents is 3. The van der Waals surface area contributed by atoms with E-state index in [4.69, 9.17) is 0 Å². The van der Waals surface area contributed by atoms with Gasteiger partial charge < -0.3 is 15.3 Å². The Bertz CT molecular complexity index is 577. The van der Waals surface area contributed by atoms with Crippen molar-refractivity contribution >= 4 is 0 Å². The van der Waals surface area contributed by atoms with Crippen molar-refractivity contribution in [2.75, 3.05) is 0 Å². The number of hydrogen-bond acceptors (Lipinski definition) is 3. The minimum absolute atomic E-state index is 0.109. The van der Waals surface area contributed by atoms with Crippen molar-refractivity contribution in [1.82, 2.24) is 0 Å². The number of benzene rings is 1. The normalized spacial score (nSPS) is 12.5. The maximum Gasteiger partial charge on any atom is 0.164 e. The van der Waals surface area contributed by atoms with Gasteiger partial charge in [-0.3, -0.25) is 0 Å². The molecule has 0 atom stereocenters. The van der Waals surface area contributed by atoms with Crippen LogP contribution in [0.4, 0.5) is 0 Å². The van der Waals surface area contributed by atoms with E-state index >= 15 is 0 Å². The summed E-state index contributed by atoms with van der Waals surface area (Å²) in [5.41, 5.74) is 1.97. The molecule has 0 saturated heterocycles. The monoisotopic (exact) mass is 378 g/mol. The maximum absolute atomic E-state index is 10.6. The lowest BCUT2D eigenvalue weighted by atomic mass is 9.88. The van der Waals surface area contributed by atoms with Crippen LogP contribution in [0.2, 0.25) is 0 Å². The number of aryl methyl sites for hydroxylation is 1. The van der Waals surface area contributed by atoms with Crippen LogP contribution in [0, 0.1) is 10.8 Å². The van der Waals surface area contributed by atoms with Gasteiger partial charge in [0.2, 0.25) is 0 Å². The highest BCUT2D eigenvalue weighted by Crippen LogP contribution is 2.40. The molecule has 1 aromatic rings. The Labute approximate surface area is 166 Å². The molecule has 0 amide bonds. The van der Waals surface area contributed by atoms with E-state index in [2.05, 4.69) is 41.5 Å². The molecule has 1 rings (SSSR count). The van der Waals surface area contributed by atoms with Gasteiger partial charge in [-0.2, -0.15) is 0 Å². The lowest BCUT2D eigenvalue weighted by Gasteiger charge is -2.18. The van der Waals surface area contributed by atoms with E-state index in [1.807, 2.05) is 0 Å². The molecule has 1 aromatic carbocycles. The van der Waals surface area contributed by atoms with Crippen LogP contribution in [0.25, 0.3) is 0 Å². The summed E-state index contributed by atoms with van der Waals surface area (Å²) < 4.78 is 0. The van der Waals surface area contributed by atoms with E-state index in [1.54, 1.807) is 0 Å². The summed E-state index contributed by atoms with van der Waals surface area (Å²) in [6.07, 6.45) is 10.1. The molecule has 3 N–H and O–H groups in total. The third kappa shape index (κ3) is 9.39. The van der Waals surface area contributed by atoms with Gasteiger partial charge in [0, 0.05) is 5.56 Å². The Kier molecular flexibility index (Phi) is 8.98. The summed E-state index contributed by atoms with van der Waals surface area (Å²) in [6, 6.07) is 1.53. The van der Waals surface area contributed by atoms with Crippen LogP contribution in [0.1, 0.15) is 104 Å². The zero-order valence-corrected chi connectivity index (χ0v) is 18.5. The lowest BCUT2D eigenvalue weighted by Crippen LogP contribution is -2.04. The fourth-order valence-corrected chi connectivity index (χ4v) is 3.47. The minimum atomic E-state index is -0.153. The zero-order valence-electron chi connectivity index (χ0n) is 18.5. The van der Waals surface area contributed by atoms with E-state index in [1.165, 1.54) is 25.3 Å². The van der Waals surface area contributed by atoms with E-state index in [0.29, 0.717) is 22.8 Å². The Hall–Kier alpha value is -1.38. The minimum Gasteiger partial charge on any atom is -0.507 e. The zero-order chi connectivity index (χ0) is 20.7. The maximum atomic E-state index is 10.6. The molecule has 0 unspecified atom stereocenters. The second-order valence-corrected chi connectivity index (χ2v) is 10.5. The Morgan fingerprint density at radius 2 is 1.11 bits per heavy atom. The lowest BCUT2D eigenvalue weighted by molar-refractivity contribution is 0.356. The Morgan fingerprint density at radius 1 is 0.630 bits per heavy atom. The summed E-state index contributed by atoms with van der Waals surface area (Å²) in [4.78, 5) is 0. The van der Waals surface area contributed by atoms with E-state index in [0.717, 1.165) is 44.1 Å². The van der Waals surface area contributed by atoms with Crippen LogP contribution in [0.3, 0.4) is 0 Å². The molecular weight excluding hydrogens is 336 g/mol. The second-order valence-electron chi connectivity index (χ2n) is 10.5. The molecule has 156 valence electrons. The predicted octanol–water partition coefficient (Wildman–Crippen LogP) is 7.10. The van der Waals surface area contributed by atoms with Crippen LogP contribution >= 0.6 is 0 Å². The number of unbranched alkanes of at least 4 members (excludes halogenated alkanes) is 4. The van der Waals surface area contributed by atoms with Gasteiger partial charge in [0.1, 0.15) is 5.75 Å². The van der Waals surface area contributed by atoms with Gasteiger partial charge in [-0.1, -0.05) is 67.2 Å². The van der Waals surface area contributed by atoms with Crippen molar-refractivity contribution in [2.45, 2.75) is 106 Å². The van der Waals surface area contributed by atoms with Crippen molar-refractivity contribution in [3.63, 3.8) is 0 Å². The van der Waals surface area contributed by atoms with Crippen LogP contribution in [-0.4, -0.2) is 15.3 Å². The first kappa shape index (κ1) is 23.7.